The fourth-order valence-electron chi connectivity index (χ4n) is 3.05. The van der Waals surface area contributed by atoms with Crippen LogP contribution in [0.5, 0.6) is 0 Å². The van der Waals surface area contributed by atoms with Gasteiger partial charge in [-0.15, -0.1) is 23.0 Å². The molecule has 0 saturated heterocycles. The summed E-state index contributed by atoms with van der Waals surface area (Å²) in [5, 5.41) is 11.2. The van der Waals surface area contributed by atoms with Crippen LogP contribution in [0.15, 0.2) is 58.7 Å². The highest BCUT2D eigenvalue weighted by atomic mass is 35.5. The van der Waals surface area contributed by atoms with Crippen molar-refractivity contribution in [3.8, 4) is 18.5 Å². The van der Waals surface area contributed by atoms with Gasteiger partial charge in [-0.1, -0.05) is 42.3 Å². The van der Waals surface area contributed by atoms with Gasteiger partial charge in [0.2, 0.25) is 12.2 Å². The monoisotopic (exact) mass is 336 g/mol. The number of rotatable bonds is 1. The van der Waals surface area contributed by atoms with Gasteiger partial charge >= 0.3 is 0 Å². The molecule has 118 valence electrons. The molecule has 3 rings (SSSR count). The Morgan fingerprint density at radius 2 is 2.12 bits per heavy atom. The molecule has 24 heavy (non-hydrogen) atoms. The molecule has 1 aliphatic heterocycles. The normalized spacial score (nSPS) is 27.3. The number of allylic oxidation sites excluding steroid dienone is 2. The molecular formula is C18H13ClN4O. The second kappa shape index (κ2) is 5.88. The number of nitrogens with zero attached hydrogens (tertiary/aromatic N) is 3. The minimum absolute atomic E-state index is 0.267. The molecule has 1 N–H and O–H groups in total. The Bertz CT molecular complexity index is 873. The highest BCUT2D eigenvalue weighted by Gasteiger charge is 2.50. The molecule has 0 radical (unpaired) electrons. The zero-order valence-corrected chi connectivity index (χ0v) is 13.6. The molecule has 1 aromatic carbocycles. The largest absolute Gasteiger partial charge is 0.325 e. The van der Waals surface area contributed by atoms with Gasteiger partial charge in [-0.3, -0.25) is 4.79 Å². The number of nitrogens with one attached hydrogen (secondary N) is 1. The third kappa shape index (κ3) is 2.11. The average molecular weight is 337 g/mol. The summed E-state index contributed by atoms with van der Waals surface area (Å²) in [6.07, 6.45) is 11.0. The molecule has 1 aromatic rings. The van der Waals surface area contributed by atoms with E-state index in [1.165, 1.54) is 0 Å². The van der Waals surface area contributed by atoms with Gasteiger partial charge in [0, 0.05) is 7.05 Å². The second-order valence-corrected chi connectivity index (χ2v) is 5.82. The lowest BCUT2D eigenvalue weighted by Gasteiger charge is -2.46. The number of hydrogen-bond donors (Lipinski definition) is 1. The van der Waals surface area contributed by atoms with Gasteiger partial charge in [0.15, 0.2) is 11.3 Å². The quantitative estimate of drug-likeness (QED) is 0.483. The number of Topliss-reactive ketones (excluding diaryl/α,β-unsaturated/α-hetero) is 1. The van der Waals surface area contributed by atoms with Crippen molar-refractivity contribution in [2.24, 2.45) is 4.99 Å². The van der Waals surface area contributed by atoms with Crippen LogP contribution in [0.3, 0.4) is 0 Å². The van der Waals surface area contributed by atoms with E-state index in [1.54, 1.807) is 30.3 Å². The topological polar surface area (TPSA) is 68.5 Å². The lowest BCUT2D eigenvalue weighted by atomic mass is 9.75. The fourth-order valence-corrected chi connectivity index (χ4v) is 3.23. The fraction of sp³-hybridized carbons (Fsp3) is 0.167. The van der Waals surface area contributed by atoms with E-state index in [9.17, 15) is 4.79 Å². The Balaban J connectivity index is 2.36. The van der Waals surface area contributed by atoms with Crippen LogP contribution in [0.4, 0.5) is 0 Å². The van der Waals surface area contributed by atoms with Gasteiger partial charge in [-0.2, -0.15) is 5.26 Å². The molecule has 2 unspecified atom stereocenters. The predicted octanol–water partition coefficient (Wildman–Crippen LogP) is 1.89. The minimum Gasteiger partial charge on any atom is -0.325 e. The van der Waals surface area contributed by atoms with Crippen LogP contribution in [0.1, 0.15) is 5.56 Å². The van der Waals surface area contributed by atoms with E-state index in [2.05, 4.69) is 16.2 Å². The first-order chi connectivity index (χ1) is 11.6. The molecule has 0 fully saturated rings. The number of ketones is 1. The summed E-state index contributed by atoms with van der Waals surface area (Å²) in [5.41, 5.74) is 0.401. The molecule has 0 aromatic heterocycles. The SMILES string of the molecule is C#CC1(c2ccccc2)C2=C(C=CC(Cl)C2=O)NC(=NC#N)N1C. The predicted molar refractivity (Wildman–Crippen MR) is 91.7 cm³/mol. The summed E-state index contributed by atoms with van der Waals surface area (Å²) < 4.78 is 0. The Kier molecular flexibility index (Phi) is 3.89. The van der Waals surface area contributed by atoms with Crippen molar-refractivity contribution in [1.82, 2.24) is 10.2 Å². The first-order valence-electron chi connectivity index (χ1n) is 7.18. The van der Waals surface area contributed by atoms with E-state index in [0.717, 1.165) is 5.56 Å². The molecular weight excluding hydrogens is 324 g/mol. The number of benzene rings is 1. The van der Waals surface area contributed by atoms with Crippen LogP contribution < -0.4 is 5.32 Å². The first kappa shape index (κ1) is 15.9. The van der Waals surface area contributed by atoms with E-state index in [0.29, 0.717) is 11.3 Å². The number of halogens is 1. The van der Waals surface area contributed by atoms with E-state index in [-0.39, 0.29) is 11.7 Å². The van der Waals surface area contributed by atoms with Crippen molar-refractivity contribution < 1.29 is 4.79 Å². The molecule has 5 nitrogen and oxygen atoms in total. The minimum atomic E-state index is -1.20. The molecule has 2 atom stereocenters. The number of hydrogen-bond acceptors (Lipinski definition) is 3. The molecule has 1 aliphatic carbocycles. The van der Waals surface area contributed by atoms with Gasteiger partial charge in [0.05, 0.1) is 11.3 Å². The van der Waals surface area contributed by atoms with E-state index in [1.807, 2.05) is 30.3 Å². The molecule has 0 amide bonds. The number of nitriles is 1. The Hall–Kier alpha value is -3.02. The van der Waals surface area contributed by atoms with Gasteiger partial charge in [-0.25, -0.2) is 0 Å². The van der Waals surface area contributed by atoms with Crippen LogP contribution in [-0.4, -0.2) is 29.1 Å². The number of alkyl halides is 1. The van der Waals surface area contributed by atoms with Crippen molar-refractivity contribution in [2.75, 3.05) is 7.05 Å². The van der Waals surface area contributed by atoms with Crippen molar-refractivity contribution in [3.05, 3.63) is 59.3 Å². The summed E-state index contributed by atoms with van der Waals surface area (Å²) in [6, 6.07) is 9.22. The number of likely N-dealkylation sites (N-methyl/N-ethyl adjacent to an activating group) is 1. The van der Waals surface area contributed by atoms with Crippen molar-refractivity contribution >= 4 is 23.3 Å². The number of terminal acetylenes is 1. The Morgan fingerprint density at radius 1 is 1.42 bits per heavy atom. The number of carbonyl (C=O) groups excluding carboxylic acids is 1. The van der Waals surface area contributed by atoms with Crippen molar-refractivity contribution in [1.29, 1.82) is 5.26 Å². The van der Waals surface area contributed by atoms with Gasteiger partial charge in [0.25, 0.3) is 0 Å². The van der Waals surface area contributed by atoms with Crippen LogP contribution in [-0.2, 0) is 10.3 Å². The number of guanidine groups is 1. The molecule has 6 heteroatoms. The van der Waals surface area contributed by atoms with Crippen LogP contribution in [0.2, 0.25) is 0 Å². The van der Waals surface area contributed by atoms with Gasteiger partial charge in [0.1, 0.15) is 5.38 Å². The van der Waals surface area contributed by atoms with Gasteiger partial charge < -0.3 is 10.2 Å². The Morgan fingerprint density at radius 3 is 2.75 bits per heavy atom. The lowest BCUT2D eigenvalue weighted by Crippen LogP contribution is -2.59. The van der Waals surface area contributed by atoms with Crippen LogP contribution in [0, 0.1) is 23.8 Å². The molecule has 0 bridgehead atoms. The first-order valence-corrected chi connectivity index (χ1v) is 7.62. The lowest BCUT2D eigenvalue weighted by molar-refractivity contribution is -0.115. The van der Waals surface area contributed by atoms with E-state index >= 15 is 0 Å². The maximum atomic E-state index is 12.8. The van der Waals surface area contributed by atoms with E-state index < -0.39 is 10.9 Å². The molecule has 1 heterocycles. The van der Waals surface area contributed by atoms with E-state index in [4.69, 9.17) is 23.3 Å². The zero-order valence-electron chi connectivity index (χ0n) is 12.8. The zero-order chi connectivity index (χ0) is 17.3. The number of carbonyl (C=O) groups is 1. The van der Waals surface area contributed by atoms with Gasteiger partial charge in [-0.05, 0) is 11.6 Å². The summed E-state index contributed by atoms with van der Waals surface area (Å²) in [5.74, 6) is 2.74. The summed E-state index contributed by atoms with van der Waals surface area (Å²) in [6.45, 7) is 0. The summed E-state index contributed by atoms with van der Waals surface area (Å²) in [7, 11) is 1.69. The molecule has 2 aliphatic rings. The maximum Gasteiger partial charge on any atom is 0.215 e. The van der Waals surface area contributed by atoms with Crippen LogP contribution >= 0.6 is 11.6 Å². The van der Waals surface area contributed by atoms with Crippen molar-refractivity contribution in [2.45, 2.75) is 10.9 Å². The van der Waals surface area contributed by atoms with Crippen LogP contribution in [0.25, 0.3) is 0 Å². The summed E-state index contributed by atoms with van der Waals surface area (Å²) >= 11 is 6.14. The second-order valence-electron chi connectivity index (χ2n) is 5.35. The Labute approximate surface area is 144 Å². The van der Waals surface area contributed by atoms with Crippen molar-refractivity contribution in [3.63, 3.8) is 0 Å². The number of aliphatic imine (C=N–C) groups is 1. The molecule has 0 saturated carbocycles. The molecule has 0 spiro atoms. The highest BCUT2D eigenvalue weighted by Crippen LogP contribution is 2.41. The third-order valence-electron chi connectivity index (χ3n) is 4.18. The third-order valence-corrected chi connectivity index (χ3v) is 4.53. The standard InChI is InChI=1S/C18H13ClN4O/c1-3-18(12-7-5-4-6-8-12)15-14(10-9-13(19)16(15)24)22-17(21-11-20)23(18)2/h1,4-10,13H,2H3,(H,21,22). The maximum absolute atomic E-state index is 12.8. The highest BCUT2D eigenvalue weighted by molar-refractivity contribution is 6.36. The summed E-state index contributed by atoms with van der Waals surface area (Å²) in [4.78, 5) is 18.2. The smallest absolute Gasteiger partial charge is 0.215 e. The average Bonchev–Trinajstić information content (AvgIpc) is 2.61.